The van der Waals surface area contributed by atoms with E-state index in [-0.39, 0.29) is 18.1 Å². The molecular formula is C19H32N4O3. The number of likely N-dealkylation sites (tertiary alicyclic amines) is 1. The molecule has 2 aliphatic rings. The fourth-order valence-corrected chi connectivity index (χ4v) is 3.93. The molecule has 1 amide bonds. The summed E-state index contributed by atoms with van der Waals surface area (Å²) in [4.78, 5) is 17.6. The van der Waals surface area contributed by atoms with E-state index in [1.54, 1.807) is 11.8 Å². The standard InChI is InChI=1S/C19H32N4O3/c1-19(2,25-4)18(24)23-10-11-26-16(14-22-8-6-5-7-9-22)17(23)15-12-20-21(3)13-15/h12-13,16-17H,5-11,14H2,1-4H3/t16-,17-/m0/s1. The Hall–Kier alpha value is -1.44. The van der Waals surface area contributed by atoms with Crippen molar-refractivity contribution in [2.45, 2.75) is 50.9 Å². The van der Waals surface area contributed by atoms with E-state index in [4.69, 9.17) is 9.47 Å². The van der Waals surface area contributed by atoms with Gasteiger partial charge in [-0.2, -0.15) is 5.10 Å². The number of morpholine rings is 1. The van der Waals surface area contributed by atoms with Crippen LogP contribution in [0.15, 0.2) is 12.4 Å². The molecule has 2 atom stereocenters. The molecule has 26 heavy (non-hydrogen) atoms. The van der Waals surface area contributed by atoms with E-state index in [0.717, 1.165) is 25.2 Å². The van der Waals surface area contributed by atoms with E-state index in [0.29, 0.717) is 13.2 Å². The van der Waals surface area contributed by atoms with E-state index >= 15 is 0 Å². The number of rotatable bonds is 5. The second kappa shape index (κ2) is 8.06. The van der Waals surface area contributed by atoms with Crippen molar-refractivity contribution in [2.75, 3.05) is 39.9 Å². The van der Waals surface area contributed by atoms with Crippen LogP contribution in [0, 0.1) is 0 Å². The number of nitrogens with zero attached hydrogens (tertiary/aromatic N) is 4. The Morgan fingerprint density at radius 1 is 1.31 bits per heavy atom. The van der Waals surface area contributed by atoms with Crippen LogP contribution in [0.5, 0.6) is 0 Å². The zero-order valence-electron chi connectivity index (χ0n) is 16.5. The first kappa shape index (κ1) is 19.3. The largest absolute Gasteiger partial charge is 0.373 e. The maximum atomic E-state index is 13.2. The fraction of sp³-hybridized carbons (Fsp3) is 0.789. The summed E-state index contributed by atoms with van der Waals surface area (Å²) in [5.74, 6) is 0.000738. The van der Waals surface area contributed by atoms with Crippen molar-refractivity contribution in [1.29, 1.82) is 0 Å². The molecule has 0 aromatic carbocycles. The molecule has 2 aliphatic heterocycles. The number of methoxy groups -OCH3 is 1. The van der Waals surface area contributed by atoms with Crippen LogP contribution < -0.4 is 0 Å². The van der Waals surface area contributed by atoms with Crippen molar-refractivity contribution >= 4 is 5.91 Å². The van der Waals surface area contributed by atoms with Crippen molar-refractivity contribution in [3.63, 3.8) is 0 Å². The second-order valence-electron chi connectivity index (χ2n) is 7.88. The molecule has 3 rings (SSSR count). The molecule has 146 valence electrons. The number of aromatic nitrogens is 2. The number of carbonyl (C=O) groups is 1. The molecule has 0 N–H and O–H groups in total. The highest BCUT2D eigenvalue weighted by Gasteiger charge is 2.42. The molecule has 7 heteroatoms. The van der Waals surface area contributed by atoms with Crippen LogP contribution in [0.3, 0.4) is 0 Å². The lowest BCUT2D eigenvalue weighted by Crippen LogP contribution is -2.56. The molecule has 0 radical (unpaired) electrons. The summed E-state index contributed by atoms with van der Waals surface area (Å²) >= 11 is 0. The quantitative estimate of drug-likeness (QED) is 0.794. The molecule has 7 nitrogen and oxygen atoms in total. The lowest BCUT2D eigenvalue weighted by atomic mass is 9.96. The van der Waals surface area contributed by atoms with Gasteiger partial charge in [0.15, 0.2) is 0 Å². The van der Waals surface area contributed by atoms with Gasteiger partial charge in [0.2, 0.25) is 0 Å². The van der Waals surface area contributed by atoms with Crippen LogP contribution in [0.1, 0.15) is 44.7 Å². The highest BCUT2D eigenvalue weighted by atomic mass is 16.5. The Labute approximate surface area is 156 Å². The summed E-state index contributed by atoms with van der Waals surface area (Å²) in [6, 6.07) is -0.138. The van der Waals surface area contributed by atoms with Gasteiger partial charge in [0.1, 0.15) is 5.60 Å². The number of hydrogen-bond donors (Lipinski definition) is 0. The highest BCUT2D eigenvalue weighted by molar-refractivity contribution is 5.85. The smallest absolute Gasteiger partial charge is 0.254 e. The molecule has 1 aromatic heterocycles. The zero-order valence-corrected chi connectivity index (χ0v) is 16.5. The number of piperidine rings is 1. The molecule has 0 saturated carbocycles. The van der Waals surface area contributed by atoms with E-state index in [9.17, 15) is 4.79 Å². The van der Waals surface area contributed by atoms with E-state index in [2.05, 4.69) is 10.00 Å². The van der Waals surface area contributed by atoms with E-state index in [1.165, 1.54) is 19.3 Å². The third kappa shape index (κ3) is 4.10. The topological polar surface area (TPSA) is 59.8 Å². The molecule has 0 bridgehead atoms. The Balaban J connectivity index is 1.86. The minimum absolute atomic E-state index is 0.000738. The first-order valence-corrected chi connectivity index (χ1v) is 9.61. The summed E-state index contributed by atoms with van der Waals surface area (Å²) in [5, 5.41) is 4.33. The first-order valence-electron chi connectivity index (χ1n) is 9.61. The van der Waals surface area contributed by atoms with Crippen LogP contribution >= 0.6 is 0 Å². The van der Waals surface area contributed by atoms with Crippen molar-refractivity contribution in [3.05, 3.63) is 18.0 Å². The molecule has 2 fully saturated rings. The van der Waals surface area contributed by atoms with Gasteiger partial charge in [-0.1, -0.05) is 6.42 Å². The van der Waals surface area contributed by atoms with Crippen molar-refractivity contribution in [1.82, 2.24) is 19.6 Å². The average molecular weight is 364 g/mol. The van der Waals surface area contributed by atoms with Crippen LogP contribution in [-0.4, -0.2) is 77.1 Å². The maximum Gasteiger partial charge on any atom is 0.254 e. The third-order valence-corrected chi connectivity index (χ3v) is 5.59. The summed E-state index contributed by atoms with van der Waals surface area (Å²) < 4.78 is 13.4. The van der Waals surface area contributed by atoms with Gasteiger partial charge >= 0.3 is 0 Å². The van der Waals surface area contributed by atoms with Crippen LogP contribution in [0.4, 0.5) is 0 Å². The molecule has 0 aliphatic carbocycles. The number of hydrogen-bond acceptors (Lipinski definition) is 5. The monoisotopic (exact) mass is 364 g/mol. The average Bonchev–Trinajstić information content (AvgIpc) is 3.07. The minimum Gasteiger partial charge on any atom is -0.373 e. The minimum atomic E-state index is -0.854. The van der Waals surface area contributed by atoms with E-state index < -0.39 is 5.60 Å². The number of carbonyl (C=O) groups excluding carboxylic acids is 1. The van der Waals surface area contributed by atoms with E-state index in [1.807, 2.05) is 38.2 Å². The van der Waals surface area contributed by atoms with Gasteiger partial charge in [-0.3, -0.25) is 9.48 Å². The molecule has 0 spiro atoms. The van der Waals surface area contributed by atoms with Gasteiger partial charge < -0.3 is 19.3 Å². The van der Waals surface area contributed by atoms with Gasteiger partial charge in [0.05, 0.1) is 24.9 Å². The third-order valence-electron chi connectivity index (χ3n) is 5.59. The van der Waals surface area contributed by atoms with Crippen molar-refractivity contribution < 1.29 is 14.3 Å². The number of amides is 1. The van der Waals surface area contributed by atoms with Crippen LogP contribution in [0.25, 0.3) is 0 Å². The number of ether oxygens (including phenoxy) is 2. The maximum absolute atomic E-state index is 13.2. The highest BCUT2D eigenvalue weighted by Crippen LogP contribution is 2.32. The van der Waals surface area contributed by atoms with Crippen molar-refractivity contribution in [3.8, 4) is 0 Å². The molecule has 2 saturated heterocycles. The van der Waals surface area contributed by atoms with Gasteiger partial charge in [0, 0.05) is 39.0 Å². The molecule has 1 aromatic rings. The van der Waals surface area contributed by atoms with Gasteiger partial charge in [-0.05, 0) is 39.8 Å². The van der Waals surface area contributed by atoms with Crippen molar-refractivity contribution in [2.24, 2.45) is 7.05 Å². The normalized spacial score (nSPS) is 25.5. The molecule has 0 unspecified atom stereocenters. The Bertz CT molecular complexity index is 610. The summed E-state index contributed by atoms with van der Waals surface area (Å²) in [6.07, 6.45) is 7.57. The Kier molecular flexibility index (Phi) is 5.99. The fourth-order valence-electron chi connectivity index (χ4n) is 3.93. The lowest BCUT2D eigenvalue weighted by molar-refractivity contribution is -0.167. The second-order valence-corrected chi connectivity index (χ2v) is 7.88. The van der Waals surface area contributed by atoms with Gasteiger partial charge in [-0.15, -0.1) is 0 Å². The summed E-state index contributed by atoms with van der Waals surface area (Å²) in [5.41, 5.74) is 0.169. The predicted octanol–water partition coefficient (Wildman–Crippen LogP) is 1.60. The Morgan fingerprint density at radius 3 is 2.65 bits per heavy atom. The van der Waals surface area contributed by atoms with Crippen LogP contribution in [-0.2, 0) is 21.3 Å². The van der Waals surface area contributed by atoms with Gasteiger partial charge in [0.25, 0.3) is 5.91 Å². The zero-order chi connectivity index (χ0) is 18.7. The summed E-state index contributed by atoms with van der Waals surface area (Å²) in [7, 11) is 3.49. The summed E-state index contributed by atoms with van der Waals surface area (Å²) in [6.45, 7) is 7.84. The lowest BCUT2D eigenvalue weighted by Gasteiger charge is -2.45. The molecular weight excluding hydrogens is 332 g/mol. The number of aryl methyl sites for hydroxylation is 1. The van der Waals surface area contributed by atoms with Gasteiger partial charge in [-0.25, -0.2) is 0 Å². The first-order chi connectivity index (χ1) is 12.4. The predicted molar refractivity (Wildman–Crippen MR) is 98.8 cm³/mol. The SMILES string of the molecule is COC(C)(C)C(=O)N1CCO[C@@H](CN2CCCCC2)[C@@H]1c1cnn(C)c1. The van der Waals surface area contributed by atoms with Crippen LogP contribution in [0.2, 0.25) is 0 Å². The molecule has 3 heterocycles. The Morgan fingerprint density at radius 2 is 2.04 bits per heavy atom.